The molecule has 78 valence electrons. The van der Waals surface area contributed by atoms with E-state index >= 15 is 0 Å². The van der Waals surface area contributed by atoms with Crippen LogP contribution < -0.4 is 0 Å². The van der Waals surface area contributed by atoms with E-state index in [1.165, 1.54) is 18.7 Å². The molecule has 1 atom stereocenters. The molecule has 2 heteroatoms. The Morgan fingerprint density at radius 2 is 1.92 bits per heavy atom. The lowest BCUT2D eigenvalue weighted by Crippen LogP contribution is -2.41. The minimum absolute atomic E-state index is 0.110. The van der Waals surface area contributed by atoms with E-state index in [1.54, 1.807) is 0 Å². The van der Waals surface area contributed by atoms with E-state index in [9.17, 15) is 0 Å². The van der Waals surface area contributed by atoms with Crippen molar-refractivity contribution in [2.75, 3.05) is 12.3 Å². The largest absolute Gasteiger partial charge is 0.356 e. The van der Waals surface area contributed by atoms with E-state index in [0.29, 0.717) is 5.41 Å². The van der Waals surface area contributed by atoms with Gasteiger partial charge in [0, 0.05) is 13.3 Å². The average Bonchev–Trinajstić information content (AvgIpc) is 1.80. The lowest BCUT2D eigenvalue weighted by Gasteiger charge is -2.50. The molecule has 1 aliphatic rings. The molecule has 0 aromatic rings. The molecule has 1 saturated heterocycles. The fourth-order valence-electron chi connectivity index (χ4n) is 2.19. The Morgan fingerprint density at radius 3 is 2.23 bits per heavy atom. The van der Waals surface area contributed by atoms with Crippen molar-refractivity contribution in [3.05, 3.63) is 0 Å². The first-order valence-electron chi connectivity index (χ1n) is 5.10. The van der Waals surface area contributed by atoms with Crippen molar-refractivity contribution in [3.8, 4) is 0 Å². The van der Waals surface area contributed by atoms with E-state index in [0.717, 1.165) is 0 Å². The van der Waals surface area contributed by atoms with Crippen LogP contribution in [0.15, 0.2) is 0 Å². The van der Waals surface area contributed by atoms with Gasteiger partial charge in [0.2, 0.25) is 0 Å². The molecule has 0 radical (unpaired) electrons. The van der Waals surface area contributed by atoms with E-state index in [1.807, 2.05) is 0 Å². The topological polar surface area (TPSA) is 9.23 Å². The van der Waals surface area contributed by atoms with Crippen LogP contribution in [0.5, 0.6) is 0 Å². The number of rotatable bonds is 3. The highest BCUT2D eigenvalue weighted by molar-refractivity contribution is 7.70. The Kier molecular flexibility index (Phi) is 2.74. The molecule has 0 aromatic carbocycles. The van der Waals surface area contributed by atoms with Gasteiger partial charge in [-0.05, 0) is 25.4 Å². The Labute approximate surface area is 82.9 Å². The lowest BCUT2D eigenvalue weighted by atomic mass is 9.93. The molecule has 1 fully saturated rings. The monoisotopic (exact) mass is 202 g/mol. The molecule has 1 unspecified atom stereocenters. The number of hydrogen-bond acceptors (Lipinski definition) is 1. The second kappa shape index (κ2) is 3.14. The van der Waals surface area contributed by atoms with Crippen LogP contribution in [0, 0.1) is 5.41 Å². The Morgan fingerprint density at radius 1 is 1.46 bits per heavy atom. The maximum absolute atomic E-state index is 5.95. The highest BCUT2D eigenvalue weighted by atomic mass is 31.2. The second-order valence-electron chi connectivity index (χ2n) is 5.74. The molecule has 0 spiro atoms. The van der Waals surface area contributed by atoms with Gasteiger partial charge in [-0.25, -0.2) is 0 Å². The summed E-state index contributed by atoms with van der Waals surface area (Å²) in [6.07, 6.45) is 7.89. The first kappa shape index (κ1) is 11.3. The van der Waals surface area contributed by atoms with Gasteiger partial charge < -0.3 is 4.52 Å². The normalized spacial score (nSPS) is 32.7. The van der Waals surface area contributed by atoms with E-state index in [2.05, 4.69) is 40.9 Å². The van der Waals surface area contributed by atoms with Crippen molar-refractivity contribution in [2.24, 2.45) is 5.41 Å². The third-order valence-corrected chi connectivity index (χ3v) is 6.43. The summed E-state index contributed by atoms with van der Waals surface area (Å²) in [5.74, 6) is 0. The third kappa shape index (κ3) is 2.86. The van der Waals surface area contributed by atoms with Crippen molar-refractivity contribution in [2.45, 2.75) is 46.6 Å². The summed E-state index contributed by atoms with van der Waals surface area (Å²) in [5.41, 5.74) is 0.519. The van der Waals surface area contributed by atoms with Crippen LogP contribution in [0.25, 0.3) is 0 Å². The third-order valence-electron chi connectivity index (χ3n) is 2.78. The molecule has 1 nitrogen and oxygen atoms in total. The van der Waals surface area contributed by atoms with Gasteiger partial charge in [0.15, 0.2) is 0 Å². The quantitative estimate of drug-likeness (QED) is 0.635. The molecule has 1 aliphatic heterocycles. The van der Waals surface area contributed by atoms with Crippen LogP contribution in [-0.2, 0) is 4.52 Å². The minimum atomic E-state index is -1.25. The molecule has 0 amide bonds. The summed E-state index contributed by atoms with van der Waals surface area (Å²) < 4.78 is 5.95. The van der Waals surface area contributed by atoms with Gasteiger partial charge in [0.05, 0.1) is 5.60 Å². The standard InChI is InChI=1S/C11H23OP/c1-7-10(2,3)8-13(6)9-11(4,5)12-13/h6-9H2,1-5H3. The maximum Gasteiger partial charge on any atom is 0.0726 e. The number of hydrogen-bond donors (Lipinski definition) is 0. The van der Waals surface area contributed by atoms with Gasteiger partial charge in [0.1, 0.15) is 0 Å². The van der Waals surface area contributed by atoms with Gasteiger partial charge in [-0.1, -0.05) is 33.5 Å². The molecule has 0 aromatic heterocycles. The predicted octanol–water partition coefficient (Wildman–Crippen LogP) is 3.60. The molecule has 1 heterocycles. The van der Waals surface area contributed by atoms with E-state index in [4.69, 9.17) is 4.52 Å². The summed E-state index contributed by atoms with van der Waals surface area (Å²) in [4.78, 5) is 0. The SMILES string of the molecule is C=P1(CC(C)(C)CC)CC(C)(C)O1. The first-order chi connectivity index (χ1) is 5.68. The average molecular weight is 202 g/mol. The van der Waals surface area contributed by atoms with Crippen LogP contribution >= 0.6 is 7.11 Å². The van der Waals surface area contributed by atoms with Gasteiger partial charge in [-0.3, -0.25) is 0 Å². The van der Waals surface area contributed by atoms with Crippen molar-refractivity contribution in [1.29, 1.82) is 0 Å². The van der Waals surface area contributed by atoms with Gasteiger partial charge in [-0.2, -0.15) is 0 Å². The van der Waals surface area contributed by atoms with Gasteiger partial charge >= 0.3 is 0 Å². The zero-order valence-corrected chi connectivity index (χ0v) is 10.6. The maximum atomic E-state index is 5.95. The zero-order chi connectivity index (χ0) is 10.3. The smallest absolute Gasteiger partial charge is 0.0726 e. The zero-order valence-electron chi connectivity index (χ0n) is 9.68. The van der Waals surface area contributed by atoms with Crippen LogP contribution in [0.2, 0.25) is 0 Å². The van der Waals surface area contributed by atoms with Crippen molar-refractivity contribution < 1.29 is 4.52 Å². The summed E-state index contributed by atoms with van der Waals surface area (Å²) in [5, 5.41) is 0. The lowest BCUT2D eigenvalue weighted by molar-refractivity contribution is 0.100. The Hall–Kier alpha value is 0.260. The van der Waals surface area contributed by atoms with E-state index in [-0.39, 0.29) is 5.60 Å². The van der Waals surface area contributed by atoms with Crippen LogP contribution in [0.1, 0.15) is 41.0 Å². The minimum Gasteiger partial charge on any atom is -0.356 e. The summed E-state index contributed by atoms with van der Waals surface area (Å²) in [6, 6.07) is 0. The molecule has 0 aliphatic carbocycles. The molecule has 0 N–H and O–H groups in total. The van der Waals surface area contributed by atoms with Crippen molar-refractivity contribution in [1.82, 2.24) is 0 Å². The van der Waals surface area contributed by atoms with Crippen molar-refractivity contribution in [3.63, 3.8) is 0 Å². The fourth-order valence-corrected chi connectivity index (χ4v) is 6.57. The Bertz CT molecular complexity index is 228. The molecule has 0 saturated carbocycles. The van der Waals surface area contributed by atoms with Gasteiger partial charge in [0.25, 0.3) is 0 Å². The van der Waals surface area contributed by atoms with Gasteiger partial charge in [-0.15, -0.1) is 0 Å². The molecule has 13 heavy (non-hydrogen) atoms. The summed E-state index contributed by atoms with van der Waals surface area (Å²) in [6.45, 7) is 11.2. The molecular formula is C11H23OP. The predicted molar refractivity (Wildman–Crippen MR) is 63.0 cm³/mol. The second-order valence-corrected chi connectivity index (χ2v) is 8.67. The summed E-state index contributed by atoms with van der Waals surface area (Å²) >= 11 is 0. The van der Waals surface area contributed by atoms with Crippen molar-refractivity contribution >= 4 is 13.4 Å². The molecule has 1 rings (SSSR count). The first-order valence-corrected chi connectivity index (χ1v) is 7.37. The molecular weight excluding hydrogens is 179 g/mol. The summed E-state index contributed by atoms with van der Waals surface area (Å²) in [7, 11) is -1.25. The van der Waals surface area contributed by atoms with Crippen LogP contribution in [0.4, 0.5) is 0 Å². The highest BCUT2D eigenvalue weighted by Gasteiger charge is 2.43. The van der Waals surface area contributed by atoms with Crippen LogP contribution in [-0.4, -0.2) is 24.2 Å². The fraction of sp³-hybridized carbons (Fsp3) is 0.909. The van der Waals surface area contributed by atoms with E-state index < -0.39 is 7.11 Å². The van der Waals surface area contributed by atoms with Crippen LogP contribution in [0.3, 0.4) is 0 Å². The highest BCUT2D eigenvalue weighted by Crippen LogP contribution is 2.64. The molecule has 0 bridgehead atoms. The Balaban J connectivity index is 2.53.